The van der Waals surface area contributed by atoms with Crippen LogP contribution >= 0.6 is 0 Å². The number of nitrogens with two attached hydrogens (primary N) is 1. The minimum absolute atomic E-state index is 0.0560. The first-order valence-corrected chi connectivity index (χ1v) is 14.1. The second kappa shape index (κ2) is 11.4. The minimum atomic E-state index is -0.616. The van der Waals surface area contributed by atoms with Crippen LogP contribution in [0, 0.1) is 5.82 Å². The summed E-state index contributed by atoms with van der Waals surface area (Å²) >= 11 is 0. The van der Waals surface area contributed by atoms with Crippen molar-refractivity contribution in [2.75, 3.05) is 26.3 Å². The molecular formula is C31H34FN5O3. The Balaban J connectivity index is 1.59. The standard InChI is InChI=1S/C31H34FN5O3/c32-24-18-27-29(34-19-24)37(31(39)36(30(27)38)26-11-9-25(33)10-12-26)28-17-22(21-5-2-1-3-6-21)7-8-23(28)20-35-13-4-15-40-16-14-35/h1-3,5-8,17-19,25-26H,4,9-16,20,33H2/t25-,26+. The lowest BCUT2D eigenvalue weighted by Crippen LogP contribution is -2.44. The number of ether oxygens (including phenoxy) is 1. The van der Waals surface area contributed by atoms with E-state index in [0.29, 0.717) is 31.7 Å². The first-order chi connectivity index (χ1) is 19.5. The second-order valence-electron chi connectivity index (χ2n) is 10.8. The average molecular weight is 544 g/mol. The van der Waals surface area contributed by atoms with Gasteiger partial charge in [0.1, 0.15) is 5.82 Å². The molecule has 1 saturated heterocycles. The van der Waals surface area contributed by atoms with Crippen LogP contribution in [0.1, 0.15) is 43.7 Å². The molecule has 0 unspecified atom stereocenters. The van der Waals surface area contributed by atoms with Gasteiger partial charge >= 0.3 is 5.69 Å². The van der Waals surface area contributed by atoms with Crippen molar-refractivity contribution in [3.05, 3.63) is 93.0 Å². The lowest BCUT2D eigenvalue weighted by Gasteiger charge is -2.28. The van der Waals surface area contributed by atoms with Gasteiger partial charge < -0.3 is 10.5 Å². The maximum absolute atomic E-state index is 14.5. The lowest BCUT2D eigenvalue weighted by atomic mass is 9.91. The number of benzene rings is 2. The molecule has 208 valence electrons. The Morgan fingerprint density at radius 2 is 1.75 bits per heavy atom. The molecule has 2 aromatic heterocycles. The summed E-state index contributed by atoms with van der Waals surface area (Å²) in [5, 5.41) is 0.0914. The van der Waals surface area contributed by atoms with E-state index in [0.717, 1.165) is 61.8 Å². The molecule has 0 spiro atoms. The van der Waals surface area contributed by atoms with Crippen LogP contribution in [0.15, 0.2) is 70.4 Å². The van der Waals surface area contributed by atoms with Crippen LogP contribution in [-0.2, 0) is 11.3 Å². The minimum Gasteiger partial charge on any atom is -0.380 e. The fraction of sp³-hybridized carbons (Fsp3) is 0.387. The maximum Gasteiger partial charge on any atom is 0.337 e. The third kappa shape index (κ3) is 5.24. The molecule has 1 saturated carbocycles. The van der Waals surface area contributed by atoms with E-state index in [1.165, 1.54) is 15.2 Å². The molecule has 9 heteroatoms. The van der Waals surface area contributed by atoms with E-state index in [1.54, 1.807) is 0 Å². The number of halogens is 1. The molecule has 2 aliphatic rings. The van der Waals surface area contributed by atoms with Gasteiger partial charge in [0, 0.05) is 38.3 Å². The van der Waals surface area contributed by atoms with Crippen LogP contribution in [0.25, 0.3) is 27.8 Å². The Hall–Kier alpha value is -3.66. The van der Waals surface area contributed by atoms with Crippen LogP contribution in [0.4, 0.5) is 4.39 Å². The summed E-state index contributed by atoms with van der Waals surface area (Å²) in [6, 6.07) is 17.0. The van der Waals surface area contributed by atoms with E-state index in [4.69, 9.17) is 10.5 Å². The van der Waals surface area contributed by atoms with Gasteiger partial charge in [0.05, 0.1) is 23.9 Å². The Morgan fingerprint density at radius 1 is 0.950 bits per heavy atom. The third-order valence-electron chi connectivity index (χ3n) is 8.14. The molecule has 0 atom stereocenters. The van der Waals surface area contributed by atoms with Gasteiger partial charge in [-0.05, 0) is 60.9 Å². The Labute approximate surface area is 231 Å². The zero-order valence-electron chi connectivity index (χ0n) is 22.5. The molecule has 0 amide bonds. The van der Waals surface area contributed by atoms with Crippen molar-refractivity contribution >= 4 is 11.0 Å². The van der Waals surface area contributed by atoms with Crippen LogP contribution < -0.4 is 17.0 Å². The first-order valence-electron chi connectivity index (χ1n) is 14.1. The molecule has 0 bridgehead atoms. The van der Waals surface area contributed by atoms with E-state index < -0.39 is 17.1 Å². The Kier molecular flexibility index (Phi) is 7.60. The van der Waals surface area contributed by atoms with Crippen LogP contribution in [0.5, 0.6) is 0 Å². The summed E-state index contributed by atoms with van der Waals surface area (Å²) in [6.07, 6.45) is 4.68. The number of hydrogen-bond donors (Lipinski definition) is 1. The third-order valence-corrected chi connectivity index (χ3v) is 8.14. The number of aromatic nitrogens is 3. The van der Waals surface area contributed by atoms with Crippen molar-refractivity contribution in [1.29, 1.82) is 0 Å². The van der Waals surface area contributed by atoms with Gasteiger partial charge in [-0.2, -0.15) is 0 Å². The normalized spacial score (nSPS) is 20.4. The number of fused-ring (bicyclic) bond motifs is 1. The van der Waals surface area contributed by atoms with Gasteiger partial charge in [-0.25, -0.2) is 18.7 Å². The van der Waals surface area contributed by atoms with E-state index in [2.05, 4.69) is 16.0 Å². The first kappa shape index (κ1) is 26.6. The molecule has 1 aliphatic carbocycles. The molecular weight excluding hydrogens is 509 g/mol. The number of rotatable bonds is 5. The molecule has 2 fully saturated rings. The molecule has 2 N–H and O–H groups in total. The smallest absolute Gasteiger partial charge is 0.337 e. The fourth-order valence-electron chi connectivity index (χ4n) is 5.99. The van der Waals surface area contributed by atoms with E-state index in [1.807, 2.05) is 42.5 Å². The van der Waals surface area contributed by atoms with Crippen LogP contribution in [0.2, 0.25) is 0 Å². The highest BCUT2D eigenvalue weighted by atomic mass is 19.1. The Morgan fingerprint density at radius 3 is 2.55 bits per heavy atom. The quantitative estimate of drug-likeness (QED) is 0.409. The molecule has 40 heavy (non-hydrogen) atoms. The van der Waals surface area contributed by atoms with Gasteiger partial charge in [0.2, 0.25) is 0 Å². The van der Waals surface area contributed by atoms with Crippen molar-refractivity contribution in [3.63, 3.8) is 0 Å². The fourth-order valence-corrected chi connectivity index (χ4v) is 5.99. The summed E-state index contributed by atoms with van der Waals surface area (Å²) in [4.78, 5) is 34.6. The lowest BCUT2D eigenvalue weighted by molar-refractivity contribution is 0.140. The molecule has 3 heterocycles. The van der Waals surface area contributed by atoms with Gasteiger partial charge in [0.15, 0.2) is 5.65 Å². The SMILES string of the molecule is N[C@H]1CC[C@@H](n2c(=O)c3cc(F)cnc3n(-c3cc(-c4ccccc4)ccc3CN3CCCOCC3)c2=O)CC1. The average Bonchev–Trinajstić information content (AvgIpc) is 3.24. The summed E-state index contributed by atoms with van der Waals surface area (Å²) in [5.74, 6) is -0.616. The van der Waals surface area contributed by atoms with Crippen molar-refractivity contribution < 1.29 is 9.13 Å². The molecule has 4 aromatic rings. The van der Waals surface area contributed by atoms with Crippen molar-refractivity contribution in [2.45, 2.75) is 50.7 Å². The van der Waals surface area contributed by atoms with Crippen LogP contribution in [-0.4, -0.2) is 51.4 Å². The number of pyridine rings is 1. The molecule has 1 aliphatic heterocycles. The topological polar surface area (TPSA) is 95.4 Å². The van der Waals surface area contributed by atoms with Crippen LogP contribution in [0.3, 0.4) is 0 Å². The number of hydrogen-bond acceptors (Lipinski definition) is 6. The molecule has 6 rings (SSSR count). The maximum atomic E-state index is 14.5. The zero-order chi connectivity index (χ0) is 27.6. The summed E-state index contributed by atoms with van der Waals surface area (Å²) in [7, 11) is 0. The van der Waals surface area contributed by atoms with E-state index in [9.17, 15) is 14.0 Å². The Bertz CT molecular complexity index is 1620. The number of nitrogens with zero attached hydrogens (tertiary/aromatic N) is 4. The van der Waals surface area contributed by atoms with E-state index >= 15 is 0 Å². The van der Waals surface area contributed by atoms with Crippen molar-refractivity contribution in [3.8, 4) is 16.8 Å². The highest BCUT2D eigenvalue weighted by Gasteiger charge is 2.27. The summed E-state index contributed by atoms with van der Waals surface area (Å²) in [5.41, 5.74) is 8.83. The zero-order valence-corrected chi connectivity index (χ0v) is 22.5. The monoisotopic (exact) mass is 543 g/mol. The van der Waals surface area contributed by atoms with Gasteiger partial charge in [-0.1, -0.05) is 42.5 Å². The molecule has 2 aromatic carbocycles. The molecule has 8 nitrogen and oxygen atoms in total. The summed E-state index contributed by atoms with van der Waals surface area (Å²) < 4.78 is 22.9. The predicted octanol–water partition coefficient (Wildman–Crippen LogP) is 4.02. The largest absolute Gasteiger partial charge is 0.380 e. The molecule has 0 radical (unpaired) electrons. The second-order valence-corrected chi connectivity index (χ2v) is 10.8. The van der Waals surface area contributed by atoms with Gasteiger partial charge in [-0.3, -0.25) is 14.3 Å². The highest BCUT2D eigenvalue weighted by molar-refractivity contribution is 5.77. The predicted molar refractivity (Wildman–Crippen MR) is 153 cm³/mol. The highest BCUT2D eigenvalue weighted by Crippen LogP contribution is 2.29. The van der Waals surface area contributed by atoms with Crippen molar-refractivity contribution in [1.82, 2.24) is 19.0 Å². The van der Waals surface area contributed by atoms with Gasteiger partial charge in [-0.15, -0.1) is 0 Å². The van der Waals surface area contributed by atoms with Gasteiger partial charge in [0.25, 0.3) is 5.56 Å². The van der Waals surface area contributed by atoms with E-state index in [-0.39, 0.29) is 23.1 Å². The van der Waals surface area contributed by atoms with Crippen molar-refractivity contribution in [2.24, 2.45) is 5.73 Å². The summed E-state index contributed by atoms with van der Waals surface area (Å²) in [6.45, 7) is 3.63.